The van der Waals surface area contributed by atoms with Crippen LogP contribution < -0.4 is 0 Å². The Labute approximate surface area is 443 Å². The lowest BCUT2D eigenvalue weighted by molar-refractivity contribution is -0.167. The summed E-state index contributed by atoms with van der Waals surface area (Å²) >= 11 is 0. The number of carbonyl (C=O) groups is 3. The van der Waals surface area contributed by atoms with Crippen molar-refractivity contribution in [2.75, 3.05) is 13.2 Å². The van der Waals surface area contributed by atoms with Gasteiger partial charge in [-0.05, 0) is 128 Å². The fourth-order valence-electron chi connectivity index (χ4n) is 7.81. The quantitative estimate of drug-likeness (QED) is 0.0261. The minimum atomic E-state index is -0.807. The first kappa shape index (κ1) is 67.8. The third-order valence-corrected chi connectivity index (χ3v) is 12.2. The van der Waals surface area contributed by atoms with Crippen molar-refractivity contribution in [1.82, 2.24) is 0 Å². The van der Waals surface area contributed by atoms with Crippen molar-refractivity contribution in [2.45, 2.75) is 264 Å². The predicted molar refractivity (Wildman–Crippen MR) is 311 cm³/mol. The molecule has 6 heteroatoms. The van der Waals surface area contributed by atoms with E-state index in [0.717, 1.165) is 135 Å². The number of hydrogen-bond donors (Lipinski definition) is 0. The summed E-state index contributed by atoms with van der Waals surface area (Å²) in [5.74, 6) is -0.962. The molecule has 0 aliphatic rings. The number of esters is 3. The lowest BCUT2D eigenvalue weighted by Crippen LogP contribution is -2.30. The summed E-state index contributed by atoms with van der Waals surface area (Å²) in [5, 5.41) is 0. The van der Waals surface area contributed by atoms with E-state index in [4.69, 9.17) is 14.2 Å². The molecule has 0 N–H and O–H groups in total. The monoisotopic (exact) mass is 997 g/mol. The minimum absolute atomic E-state index is 0.105. The Balaban J connectivity index is 4.45. The van der Waals surface area contributed by atoms with Gasteiger partial charge in [-0.3, -0.25) is 14.4 Å². The average Bonchev–Trinajstić information content (AvgIpc) is 3.38. The van der Waals surface area contributed by atoms with Crippen LogP contribution in [0.5, 0.6) is 0 Å². The van der Waals surface area contributed by atoms with E-state index in [-0.39, 0.29) is 31.1 Å². The van der Waals surface area contributed by atoms with Gasteiger partial charge in [0.2, 0.25) is 0 Å². The fraction of sp³-hybridized carbons (Fsp3) is 0.652. The van der Waals surface area contributed by atoms with Gasteiger partial charge in [-0.2, -0.15) is 0 Å². The lowest BCUT2D eigenvalue weighted by atomic mass is 10.1. The molecule has 0 saturated carbocycles. The van der Waals surface area contributed by atoms with Gasteiger partial charge in [-0.25, -0.2) is 0 Å². The van der Waals surface area contributed by atoms with Crippen LogP contribution in [0, 0.1) is 0 Å². The van der Waals surface area contributed by atoms with E-state index < -0.39 is 6.10 Å². The van der Waals surface area contributed by atoms with Crippen LogP contribution in [-0.4, -0.2) is 37.2 Å². The highest BCUT2D eigenvalue weighted by Gasteiger charge is 2.19. The van der Waals surface area contributed by atoms with Gasteiger partial charge < -0.3 is 14.2 Å². The molecule has 0 amide bonds. The summed E-state index contributed by atoms with van der Waals surface area (Å²) in [7, 11) is 0. The Morgan fingerprint density at radius 2 is 0.542 bits per heavy atom. The zero-order valence-electron chi connectivity index (χ0n) is 46.7. The van der Waals surface area contributed by atoms with Crippen LogP contribution in [0.4, 0.5) is 0 Å². The van der Waals surface area contributed by atoms with Gasteiger partial charge in [0.1, 0.15) is 13.2 Å². The molecule has 1 unspecified atom stereocenters. The number of allylic oxidation sites excluding steroid dienone is 20. The summed E-state index contributed by atoms with van der Waals surface area (Å²) in [4.78, 5) is 38.2. The van der Waals surface area contributed by atoms with Crippen LogP contribution in [0.3, 0.4) is 0 Å². The smallest absolute Gasteiger partial charge is 0.306 e. The molecule has 72 heavy (non-hydrogen) atoms. The molecule has 6 nitrogen and oxygen atoms in total. The first-order valence-electron chi connectivity index (χ1n) is 29.5. The Kier molecular flexibility index (Phi) is 55.9. The van der Waals surface area contributed by atoms with E-state index in [1.807, 2.05) is 0 Å². The van der Waals surface area contributed by atoms with E-state index in [1.165, 1.54) is 83.5 Å². The highest BCUT2D eigenvalue weighted by atomic mass is 16.6. The molecule has 0 aromatic rings. The highest BCUT2D eigenvalue weighted by Crippen LogP contribution is 2.14. The third kappa shape index (κ3) is 56.7. The lowest BCUT2D eigenvalue weighted by Gasteiger charge is -2.18. The molecular formula is C66H108O6. The van der Waals surface area contributed by atoms with Crippen LogP contribution in [-0.2, 0) is 28.6 Å². The third-order valence-electron chi connectivity index (χ3n) is 12.2. The standard InChI is InChI=1S/C66H108O6/c1-4-7-10-13-16-19-22-25-27-29-31-32-33-34-35-37-38-41-44-47-50-53-56-59-65(68)71-62-63(61-70-64(67)58-55-52-49-46-43-40-24-21-18-15-12-9-6-3)72-66(69)60-57-54-51-48-45-42-39-36-30-28-26-23-20-17-14-11-8-5-2/h7,9-10,12,16,18-19,21,25,27-28,30-32,34-35,38,40-41,43,63H,4-6,8,11,13-15,17,20,22-24,26,29,33,36-37,39,42,44-62H2,1-3H3/b10-7-,12-9-,19-16-,21-18-,27-25-,30-28-,32-31-,35-34-,41-38-,43-40-. The fourth-order valence-corrected chi connectivity index (χ4v) is 7.81. The highest BCUT2D eigenvalue weighted by molar-refractivity contribution is 5.71. The molecule has 0 fully saturated rings. The summed E-state index contributed by atoms with van der Waals surface area (Å²) < 4.78 is 16.8. The molecule has 0 bridgehead atoms. The van der Waals surface area contributed by atoms with Crippen LogP contribution in [0.25, 0.3) is 0 Å². The van der Waals surface area contributed by atoms with Gasteiger partial charge in [-0.1, -0.05) is 232 Å². The molecule has 0 saturated heterocycles. The van der Waals surface area contributed by atoms with Gasteiger partial charge in [-0.15, -0.1) is 0 Å². The van der Waals surface area contributed by atoms with Gasteiger partial charge in [0, 0.05) is 19.3 Å². The maximum absolute atomic E-state index is 12.9. The molecule has 0 heterocycles. The largest absolute Gasteiger partial charge is 0.462 e. The van der Waals surface area contributed by atoms with Crippen molar-refractivity contribution < 1.29 is 28.6 Å². The maximum atomic E-state index is 12.9. The maximum Gasteiger partial charge on any atom is 0.306 e. The minimum Gasteiger partial charge on any atom is -0.462 e. The van der Waals surface area contributed by atoms with Crippen molar-refractivity contribution in [1.29, 1.82) is 0 Å². The average molecular weight is 998 g/mol. The first-order chi connectivity index (χ1) is 35.5. The van der Waals surface area contributed by atoms with Crippen LogP contribution in [0.15, 0.2) is 122 Å². The SMILES string of the molecule is CC/C=C\C/C=C\C/C=C\C/C=C\C/C=C\C/C=C\CCCCCCC(=O)OCC(COC(=O)CCCCC/C=C\C/C=C\C/C=C\CC)OC(=O)CCCCCCCCC/C=C\CCCCCCCCC. The molecule has 408 valence electrons. The van der Waals surface area contributed by atoms with Crippen LogP contribution in [0.1, 0.15) is 258 Å². The molecule has 0 spiro atoms. The van der Waals surface area contributed by atoms with E-state index >= 15 is 0 Å². The second-order valence-corrected chi connectivity index (χ2v) is 19.1. The molecule has 0 aromatic heterocycles. The summed E-state index contributed by atoms with van der Waals surface area (Å²) in [6.45, 7) is 6.36. The number of rotatable bonds is 52. The van der Waals surface area contributed by atoms with Crippen LogP contribution >= 0.6 is 0 Å². The number of carbonyl (C=O) groups excluding carboxylic acids is 3. The normalized spacial score (nSPS) is 13.0. The van der Waals surface area contributed by atoms with Crippen molar-refractivity contribution in [3.63, 3.8) is 0 Å². The first-order valence-corrected chi connectivity index (χ1v) is 29.5. The molecule has 1 atom stereocenters. The number of unbranched alkanes of at least 4 members (excludes halogenated alkanes) is 21. The predicted octanol–water partition coefficient (Wildman–Crippen LogP) is 20.0. The Hall–Kier alpha value is -4.19. The van der Waals surface area contributed by atoms with Gasteiger partial charge >= 0.3 is 17.9 Å². The topological polar surface area (TPSA) is 78.9 Å². The molecule has 0 radical (unpaired) electrons. The van der Waals surface area contributed by atoms with E-state index in [9.17, 15) is 14.4 Å². The van der Waals surface area contributed by atoms with E-state index in [2.05, 4.69) is 142 Å². The summed E-state index contributed by atoms with van der Waals surface area (Å²) in [6, 6.07) is 0. The van der Waals surface area contributed by atoms with Crippen molar-refractivity contribution in [3.8, 4) is 0 Å². The number of ether oxygens (including phenoxy) is 3. The Bertz CT molecular complexity index is 1520. The van der Waals surface area contributed by atoms with Crippen molar-refractivity contribution >= 4 is 17.9 Å². The second-order valence-electron chi connectivity index (χ2n) is 19.1. The molecule has 0 aliphatic heterocycles. The van der Waals surface area contributed by atoms with Gasteiger partial charge in [0.15, 0.2) is 6.10 Å². The van der Waals surface area contributed by atoms with E-state index in [1.54, 1.807) is 0 Å². The van der Waals surface area contributed by atoms with Gasteiger partial charge in [0.25, 0.3) is 0 Å². The summed E-state index contributed by atoms with van der Waals surface area (Å²) in [5.41, 5.74) is 0. The zero-order valence-corrected chi connectivity index (χ0v) is 46.7. The molecule has 0 aromatic carbocycles. The second kappa shape index (κ2) is 59.4. The van der Waals surface area contributed by atoms with Crippen molar-refractivity contribution in [2.24, 2.45) is 0 Å². The Morgan fingerprint density at radius 1 is 0.292 bits per heavy atom. The zero-order chi connectivity index (χ0) is 52.2. The molecule has 0 aliphatic carbocycles. The number of hydrogen-bond acceptors (Lipinski definition) is 6. The Morgan fingerprint density at radius 3 is 0.875 bits per heavy atom. The molecule has 0 rings (SSSR count). The van der Waals surface area contributed by atoms with E-state index in [0.29, 0.717) is 19.3 Å². The van der Waals surface area contributed by atoms with Crippen LogP contribution in [0.2, 0.25) is 0 Å². The summed E-state index contributed by atoms with van der Waals surface area (Å²) in [6.07, 6.45) is 81.9. The molecular weight excluding hydrogens is 889 g/mol. The van der Waals surface area contributed by atoms with Crippen molar-refractivity contribution in [3.05, 3.63) is 122 Å². The van der Waals surface area contributed by atoms with Gasteiger partial charge in [0.05, 0.1) is 0 Å².